The molecular weight excluding hydrogens is 526 g/mol. The molecule has 33 heavy (non-hydrogen) atoms. The standard InChI is InChI=1S/C25H25BrClNO4S/c1-5-31-24(30)22-18(15-6-9-17(27)10-7-15)14-33-23(22)28-21(29)13-32-20-11-8-16(26)12-19(20)25(2,3)4/h6-12,14H,5,13H2,1-4H3,(H,28,29). The maximum Gasteiger partial charge on any atom is 0.341 e. The average molecular weight is 551 g/mol. The van der Waals surface area contributed by atoms with E-state index in [-0.39, 0.29) is 24.5 Å². The summed E-state index contributed by atoms with van der Waals surface area (Å²) in [4.78, 5) is 25.4. The Kier molecular flexibility index (Phi) is 8.21. The molecule has 5 nitrogen and oxygen atoms in total. The van der Waals surface area contributed by atoms with E-state index < -0.39 is 5.97 Å². The average Bonchev–Trinajstić information content (AvgIpc) is 3.16. The summed E-state index contributed by atoms with van der Waals surface area (Å²) < 4.78 is 12.0. The van der Waals surface area contributed by atoms with E-state index in [1.54, 1.807) is 19.1 Å². The number of halogens is 2. The first-order chi connectivity index (χ1) is 15.6. The monoisotopic (exact) mass is 549 g/mol. The molecule has 174 valence electrons. The molecule has 1 N–H and O–H groups in total. The van der Waals surface area contributed by atoms with E-state index >= 15 is 0 Å². The Morgan fingerprint density at radius 2 is 1.82 bits per heavy atom. The second-order valence-corrected chi connectivity index (χ2v) is 10.5. The van der Waals surface area contributed by atoms with Gasteiger partial charge in [-0.15, -0.1) is 11.3 Å². The summed E-state index contributed by atoms with van der Waals surface area (Å²) in [5.41, 5.74) is 2.62. The number of carbonyl (C=O) groups excluding carboxylic acids is 2. The molecule has 3 rings (SSSR count). The Balaban J connectivity index is 1.81. The largest absolute Gasteiger partial charge is 0.483 e. The van der Waals surface area contributed by atoms with Gasteiger partial charge in [-0.25, -0.2) is 4.79 Å². The molecule has 0 radical (unpaired) electrons. The zero-order chi connectivity index (χ0) is 24.2. The van der Waals surface area contributed by atoms with Crippen LogP contribution in [0.4, 0.5) is 5.00 Å². The van der Waals surface area contributed by atoms with E-state index in [0.717, 1.165) is 15.6 Å². The van der Waals surface area contributed by atoms with E-state index in [1.165, 1.54) is 11.3 Å². The number of carbonyl (C=O) groups is 2. The normalized spacial score (nSPS) is 11.2. The van der Waals surface area contributed by atoms with Gasteiger partial charge in [0, 0.05) is 26.0 Å². The zero-order valence-electron chi connectivity index (χ0n) is 18.8. The fourth-order valence-corrected chi connectivity index (χ4v) is 4.68. The Morgan fingerprint density at radius 1 is 1.12 bits per heavy atom. The van der Waals surface area contributed by atoms with Crippen LogP contribution >= 0.6 is 38.9 Å². The minimum Gasteiger partial charge on any atom is -0.483 e. The van der Waals surface area contributed by atoms with Crippen molar-refractivity contribution < 1.29 is 19.1 Å². The Labute approximate surface area is 211 Å². The van der Waals surface area contributed by atoms with E-state index in [2.05, 4.69) is 42.0 Å². The van der Waals surface area contributed by atoms with Crippen LogP contribution in [0.1, 0.15) is 43.6 Å². The molecule has 1 amide bonds. The van der Waals surface area contributed by atoms with Crippen molar-refractivity contribution in [3.63, 3.8) is 0 Å². The number of anilines is 1. The zero-order valence-corrected chi connectivity index (χ0v) is 22.0. The Hall–Kier alpha value is -2.35. The van der Waals surface area contributed by atoms with Gasteiger partial charge >= 0.3 is 5.97 Å². The molecule has 0 atom stereocenters. The van der Waals surface area contributed by atoms with Gasteiger partial charge < -0.3 is 14.8 Å². The summed E-state index contributed by atoms with van der Waals surface area (Å²) in [5.74, 6) is -0.227. The molecule has 1 heterocycles. The third-order valence-corrected chi connectivity index (χ3v) is 6.43. The van der Waals surface area contributed by atoms with Crippen LogP contribution in [0.5, 0.6) is 5.75 Å². The Bertz CT molecular complexity index is 1150. The summed E-state index contributed by atoms with van der Waals surface area (Å²) in [6.45, 7) is 8.01. The number of ether oxygens (including phenoxy) is 2. The molecule has 0 saturated carbocycles. The van der Waals surface area contributed by atoms with Crippen LogP contribution < -0.4 is 10.1 Å². The van der Waals surface area contributed by atoms with Crippen molar-refractivity contribution in [3.8, 4) is 16.9 Å². The van der Waals surface area contributed by atoms with E-state index in [4.69, 9.17) is 21.1 Å². The molecule has 0 fully saturated rings. The number of rotatable bonds is 7. The summed E-state index contributed by atoms with van der Waals surface area (Å²) in [6, 6.07) is 12.8. The number of benzene rings is 2. The number of amides is 1. The molecule has 0 aliphatic rings. The molecule has 2 aromatic carbocycles. The van der Waals surface area contributed by atoms with Crippen molar-refractivity contribution >= 4 is 55.7 Å². The van der Waals surface area contributed by atoms with Crippen molar-refractivity contribution in [3.05, 3.63) is 68.5 Å². The molecule has 0 spiro atoms. The highest BCUT2D eigenvalue weighted by Gasteiger charge is 2.24. The molecule has 0 aliphatic heterocycles. The van der Waals surface area contributed by atoms with Gasteiger partial charge in [-0.1, -0.05) is 60.4 Å². The molecule has 0 bridgehead atoms. The highest BCUT2D eigenvalue weighted by molar-refractivity contribution is 9.10. The van der Waals surface area contributed by atoms with Crippen LogP contribution in [0.25, 0.3) is 11.1 Å². The van der Waals surface area contributed by atoms with Crippen molar-refractivity contribution in [2.45, 2.75) is 33.1 Å². The smallest absolute Gasteiger partial charge is 0.341 e. The predicted molar refractivity (Wildman–Crippen MR) is 138 cm³/mol. The maximum atomic E-state index is 12.7. The van der Waals surface area contributed by atoms with Crippen LogP contribution in [-0.2, 0) is 14.9 Å². The summed E-state index contributed by atoms with van der Waals surface area (Å²) >= 11 is 10.7. The molecule has 8 heteroatoms. The minimum atomic E-state index is -0.497. The van der Waals surface area contributed by atoms with Crippen molar-refractivity contribution in [1.29, 1.82) is 0 Å². The van der Waals surface area contributed by atoms with Crippen LogP contribution in [0.2, 0.25) is 5.02 Å². The summed E-state index contributed by atoms with van der Waals surface area (Å²) in [5, 5.41) is 5.64. The van der Waals surface area contributed by atoms with Crippen molar-refractivity contribution in [2.24, 2.45) is 0 Å². The van der Waals surface area contributed by atoms with Gasteiger partial charge in [0.25, 0.3) is 5.91 Å². The molecular formula is C25H25BrClNO4S. The molecule has 0 aliphatic carbocycles. The SMILES string of the molecule is CCOC(=O)c1c(-c2ccc(Cl)cc2)csc1NC(=O)COc1ccc(Br)cc1C(C)(C)C. The van der Waals surface area contributed by atoms with Crippen LogP contribution in [0.3, 0.4) is 0 Å². The van der Waals surface area contributed by atoms with Crippen LogP contribution in [0, 0.1) is 0 Å². The van der Waals surface area contributed by atoms with E-state index in [0.29, 0.717) is 26.9 Å². The van der Waals surface area contributed by atoms with Gasteiger partial charge in [0.2, 0.25) is 0 Å². The van der Waals surface area contributed by atoms with Gasteiger partial charge in [0.15, 0.2) is 6.61 Å². The number of esters is 1. The van der Waals surface area contributed by atoms with E-state index in [9.17, 15) is 9.59 Å². The van der Waals surface area contributed by atoms with E-state index in [1.807, 2.05) is 35.7 Å². The van der Waals surface area contributed by atoms with Crippen LogP contribution in [0.15, 0.2) is 52.3 Å². The topological polar surface area (TPSA) is 64.6 Å². The quantitative estimate of drug-likeness (QED) is 0.313. The minimum absolute atomic E-state index is 0.159. The van der Waals surface area contributed by atoms with Crippen molar-refractivity contribution in [2.75, 3.05) is 18.5 Å². The number of nitrogens with one attached hydrogen (secondary N) is 1. The lowest BCUT2D eigenvalue weighted by atomic mass is 9.86. The van der Waals surface area contributed by atoms with Gasteiger partial charge in [0.1, 0.15) is 16.3 Å². The highest BCUT2D eigenvalue weighted by atomic mass is 79.9. The van der Waals surface area contributed by atoms with Gasteiger partial charge in [-0.05, 0) is 48.2 Å². The second kappa shape index (κ2) is 10.7. The Morgan fingerprint density at radius 3 is 2.45 bits per heavy atom. The van der Waals surface area contributed by atoms with Crippen molar-refractivity contribution in [1.82, 2.24) is 0 Å². The number of hydrogen-bond acceptors (Lipinski definition) is 5. The highest BCUT2D eigenvalue weighted by Crippen LogP contribution is 2.37. The fraction of sp³-hybridized carbons (Fsp3) is 0.280. The number of thiophene rings is 1. The predicted octanol–water partition coefficient (Wildman–Crippen LogP) is 7.32. The first kappa shape index (κ1) is 25.3. The number of hydrogen-bond donors (Lipinski definition) is 1. The van der Waals surface area contributed by atoms with Gasteiger partial charge in [-0.3, -0.25) is 4.79 Å². The molecule has 0 unspecified atom stereocenters. The lowest BCUT2D eigenvalue weighted by Gasteiger charge is -2.23. The third kappa shape index (κ3) is 6.37. The molecule has 1 aromatic heterocycles. The molecule has 0 saturated heterocycles. The summed E-state index contributed by atoms with van der Waals surface area (Å²) in [6.07, 6.45) is 0. The fourth-order valence-electron chi connectivity index (χ4n) is 3.22. The first-order valence-electron chi connectivity index (χ1n) is 10.4. The second-order valence-electron chi connectivity index (χ2n) is 8.31. The summed E-state index contributed by atoms with van der Waals surface area (Å²) in [7, 11) is 0. The maximum absolute atomic E-state index is 12.7. The molecule has 3 aromatic rings. The first-order valence-corrected chi connectivity index (χ1v) is 12.4. The lowest BCUT2D eigenvalue weighted by molar-refractivity contribution is -0.118. The van der Waals surface area contributed by atoms with Gasteiger partial charge in [-0.2, -0.15) is 0 Å². The third-order valence-electron chi connectivity index (χ3n) is 4.79. The lowest BCUT2D eigenvalue weighted by Crippen LogP contribution is -2.22. The van der Waals surface area contributed by atoms with Gasteiger partial charge in [0.05, 0.1) is 6.61 Å². The van der Waals surface area contributed by atoms with Crippen LogP contribution in [-0.4, -0.2) is 25.1 Å².